The fourth-order valence-electron chi connectivity index (χ4n) is 3.51. The standard InChI is InChI=1S/C14H16N.C13H12O2.2ClH.Ti/c1-15(2)11-13-9-6-10-14(13)12-7-4-3-5-8-12;14-15-13(11-7-3-1-4-8-11)12-9-5-2-6-10-12;;;/h3-7,9-10,14H,11H2,1-2H3;1-10,13-14H;2*1H;/q-1;;;;+3/p-2. The average Bonchev–Trinajstić information content (AvgIpc) is 3.24. The number of hydrogen-bond acceptors (Lipinski definition) is 3. The molecular weight excluding hydrogens is 489 g/mol. The zero-order valence-electron chi connectivity index (χ0n) is 18.7. The summed E-state index contributed by atoms with van der Waals surface area (Å²) in [6.45, 7) is 1.01. The van der Waals surface area contributed by atoms with Crippen LogP contribution in [0.25, 0.3) is 0 Å². The molecule has 3 aromatic rings. The van der Waals surface area contributed by atoms with Crippen LogP contribution in [-0.4, -0.2) is 30.8 Å². The van der Waals surface area contributed by atoms with Crippen molar-refractivity contribution >= 4 is 0 Å². The molecule has 6 heteroatoms. The van der Waals surface area contributed by atoms with Gasteiger partial charge in [0.25, 0.3) is 0 Å². The van der Waals surface area contributed by atoms with Crippen LogP contribution >= 0.6 is 0 Å². The van der Waals surface area contributed by atoms with Crippen molar-refractivity contribution in [1.82, 2.24) is 4.90 Å². The Kier molecular flexibility index (Phi) is 16.0. The predicted molar refractivity (Wildman–Crippen MR) is 122 cm³/mol. The van der Waals surface area contributed by atoms with Crippen LogP contribution in [0.4, 0.5) is 0 Å². The fourth-order valence-corrected chi connectivity index (χ4v) is 3.51. The molecule has 0 amide bonds. The molecule has 171 valence electrons. The summed E-state index contributed by atoms with van der Waals surface area (Å²) < 4.78 is 0. The van der Waals surface area contributed by atoms with Crippen LogP contribution < -0.4 is 24.8 Å². The second kappa shape index (κ2) is 16.9. The van der Waals surface area contributed by atoms with Gasteiger partial charge >= 0.3 is 21.7 Å². The molecule has 0 fully saturated rings. The largest absolute Gasteiger partial charge is 3.00 e. The Morgan fingerprint density at radius 3 is 1.88 bits per heavy atom. The van der Waals surface area contributed by atoms with E-state index in [2.05, 4.69) is 60.3 Å². The molecule has 0 bridgehead atoms. The molecule has 1 aliphatic carbocycles. The van der Waals surface area contributed by atoms with Crippen LogP contribution in [0.1, 0.15) is 28.7 Å². The van der Waals surface area contributed by atoms with Gasteiger partial charge in [-0.2, -0.15) is 35.9 Å². The normalized spacial score (nSPS) is 13.7. The van der Waals surface area contributed by atoms with Crippen molar-refractivity contribution in [1.29, 1.82) is 0 Å². The Bertz CT molecular complexity index is 912. The maximum absolute atomic E-state index is 8.93. The van der Waals surface area contributed by atoms with E-state index in [1.807, 2.05) is 72.8 Å². The molecule has 1 N–H and O–H groups in total. The van der Waals surface area contributed by atoms with Gasteiger partial charge in [-0.25, -0.2) is 4.89 Å². The van der Waals surface area contributed by atoms with Crippen molar-refractivity contribution in [2.45, 2.75) is 12.0 Å². The molecule has 0 saturated carbocycles. The van der Waals surface area contributed by atoms with Crippen molar-refractivity contribution in [3.05, 3.63) is 131 Å². The molecule has 33 heavy (non-hydrogen) atoms. The number of nitrogens with zero attached hydrogens (tertiary/aromatic N) is 1. The van der Waals surface area contributed by atoms with E-state index in [4.69, 9.17) is 5.26 Å². The Morgan fingerprint density at radius 1 is 0.879 bits per heavy atom. The Labute approximate surface area is 224 Å². The number of likely N-dealkylation sites (N-methyl/N-ethyl adjacent to an activating group) is 1. The summed E-state index contributed by atoms with van der Waals surface area (Å²) in [5, 5.41) is 8.93. The van der Waals surface area contributed by atoms with Crippen LogP contribution in [0, 0.1) is 6.07 Å². The Morgan fingerprint density at radius 2 is 1.42 bits per heavy atom. The van der Waals surface area contributed by atoms with Crippen LogP contribution in [0.2, 0.25) is 0 Å². The van der Waals surface area contributed by atoms with Gasteiger partial charge in [-0.3, -0.25) is 5.26 Å². The fraction of sp³-hybridized carbons (Fsp3) is 0.185. The first-order valence-corrected chi connectivity index (χ1v) is 10.1. The molecular formula is C27H28Cl2NO2Ti. The molecule has 0 aliphatic heterocycles. The van der Waals surface area contributed by atoms with Crippen molar-refractivity contribution in [2.75, 3.05) is 20.6 Å². The van der Waals surface area contributed by atoms with E-state index in [0.717, 1.165) is 17.7 Å². The summed E-state index contributed by atoms with van der Waals surface area (Å²) in [5.74, 6) is 0.425. The minimum Gasteiger partial charge on any atom is -1.00 e. The van der Waals surface area contributed by atoms with E-state index in [-0.39, 0.29) is 46.5 Å². The van der Waals surface area contributed by atoms with Gasteiger partial charge in [0.2, 0.25) is 0 Å². The van der Waals surface area contributed by atoms with Gasteiger partial charge in [-0.15, -0.1) is 0 Å². The quantitative estimate of drug-likeness (QED) is 0.215. The second-order valence-electron chi connectivity index (χ2n) is 7.47. The first-order chi connectivity index (χ1) is 14.7. The van der Waals surface area contributed by atoms with E-state index in [1.54, 1.807) is 0 Å². The molecule has 0 saturated heterocycles. The summed E-state index contributed by atoms with van der Waals surface area (Å²) in [4.78, 5) is 6.73. The third kappa shape index (κ3) is 9.60. The molecule has 1 unspecified atom stereocenters. The molecule has 1 aliphatic rings. The van der Waals surface area contributed by atoms with Gasteiger partial charge in [-0.1, -0.05) is 78.9 Å². The van der Waals surface area contributed by atoms with Crippen LogP contribution in [0.5, 0.6) is 0 Å². The number of benzene rings is 3. The van der Waals surface area contributed by atoms with Crippen molar-refractivity contribution < 1.29 is 56.7 Å². The number of rotatable bonds is 6. The SMILES string of the molecule is CN(C)CC1=CC=CC1c1[c-]cccc1.OOC(c1ccccc1)c1ccccc1.[Cl-].[Cl-].[Ti+3]. The van der Waals surface area contributed by atoms with Crippen LogP contribution in [-0.2, 0) is 26.6 Å². The maximum atomic E-state index is 8.93. The Balaban J connectivity index is 0.000000569. The molecule has 0 spiro atoms. The molecule has 0 heterocycles. The monoisotopic (exact) mass is 516 g/mol. The second-order valence-corrected chi connectivity index (χ2v) is 7.47. The predicted octanol–water partition coefficient (Wildman–Crippen LogP) is -0.101. The third-order valence-corrected chi connectivity index (χ3v) is 4.89. The maximum Gasteiger partial charge on any atom is 3.00 e. The third-order valence-electron chi connectivity index (χ3n) is 4.89. The molecule has 1 atom stereocenters. The van der Waals surface area contributed by atoms with E-state index >= 15 is 0 Å². The first kappa shape index (κ1) is 31.3. The van der Waals surface area contributed by atoms with Crippen LogP contribution in [0.15, 0.2) is 109 Å². The summed E-state index contributed by atoms with van der Waals surface area (Å²) >= 11 is 0. The molecule has 3 aromatic carbocycles. The Hall–Kier alpha value is -1.69. The summed E-state index contributed by atoms with van der Waals surface area (Å²) in [7, 11) is 4.20. The number of halogens is 2. The minimum atomic E-state index is -0.410. The molecule has 1 radical (unpaired) electrons. The molecule has 3 nitrogen and oxygen atoms in total. The van der Waals surface area contributed by atoms with Crippen LogP contribution in [0.3, 0.4) is 0 Å². The molecule has 4 rings (SSSR count). The average molecular weight is 517 g/mol. The minimum absolute atomic E-state index is 0. The summed E-state index contributed by atoms with van der Waals surface area (Å²) in [5.41, 5.74) is 4.58. The van der Waals surface area contributed by atoms with Crippen molar-refractivity contribution in [2.24, 2.45) is 0 Å². The zero-order valence-corrected chi connectivity index (χ0v) is 21.8. The van der Waals surface area contributed by atoms with Gasteiger partial charge < -0.3 is 29.7 Å². The van der Waals surface area contributed by atoms with Gasteiger partial charge in [0, 0.05) is 12.5 Å². The van der Waals surface area contributed by atoms with E-state index < -0.39 is 6.10 Å². The summed E-state index contributed by atoms with van der Waals surface area (Å²) in [6, 6.07) is 30.8. The first-order valence-electron chi connectivity index (χ1n) is 10.1. The van der Waals surface area contributed by atoms with Gasteiger partial charge in [0.15, 0.2) is 0 Å². The smallest absolute Gasteiger partial charge is 1.00 e. The van der Waals surface area contributed by atoms with Gasteiger partial charge in [0.05, 0.1) is 0 Å². The molecule has 0 aromatic heterocycles. The number of allylic oxidation sites excluding steroid dienone is 3. The van der Waals surface area contributed by atoms with Gasteiger partial charge in [0.1, 0.15) is 6.10 Å². The topological polar surface area (TPSA) is 32.7 Å². The summed E-state index contributed by atoms with van der Waals surface area (Å²) in [6.07, 6.45) is 6.19. The van der Waals surface area contributed by atoms with E-state index in [1.165, 1.54) is 11.1 Å². The van der Waals surface area contributed by atoms with Crippen molar-refractivity contribution in [3.8, 4) is 0 Å². The van der Waals surface area contributed by atoms with Crippen molar-refractivity contribution in [3.63, 3.8) is 0 Å². The van der Waals surface area contributed by atoms with E-state index in [9.17, 15) is 0 Å². The van der Waals surface area contributed by atoms with E-state index in [0.29, 0.717) is 5.92 Å². The number of hydrogen-bond donors (Lipinski definition) is 1. The van der Waals surface area contributed by atoms with Gasteiger partial charge in [-0.05, 0) is 30.8 Å². The zero-order chi connectivity index (χ0) is 21.2.